The third kappa shape index (κ3) is 4.96. The monoisotopic (exact) mass is 334 g/mol. The Balaban J connectivity index is 2.69. The molecule has 0 amide bonds. The van der Waals surface area contributed by atoms with Crippen LogP contribution in [0.5, 0.6) is 0 Å². The summed E-state index contributed by atoms with van der Waals surface area (Å²) in [6.45, 7) is 6.10. The maximum Gasteiger partial charge on any atom is 0.236 e. The van der Waals surface area contributed by atoms with Gasteiger partial charge in [0.25, 0.3) is 0 Å². The Morgan fingerprint density at radius 1 is 1.28 bits per heavy atom. The normalized spacial score (nSPS) is 13.6. The van der Waals surface area contributed by atoms with E-state index in [1.165, 1.54) is 0 Å². The average molecular weight is 335 g/mol. The minimum atomic E-state index is -3.36. The van der Waals surface area contributed by atoms with Crippen molar-refractivity contribution >= 4 is 31.6 Å². The highest BCUT2D eigenvalue weighted by Gasteiger charge is 2.20. The van der Waals surface area contributed by atoms with E-state index in [1.807, 2.05) is 19.9 Å². The van der Waals surface area contributed by atoms with Crippen LogP contribution in [-0.4, -0.2) is 26.3 Å². The lowest BCUT2D eigenvalue weighted by atomic mass is 10.3. The fraction of sp³-hybridized carbons (Fsp3) is 0.500. The molecule has 1 aromatic rings. The minimum Gasteiger partial charge on any atom is -0.313 e. The van der Waals surface area contributed by atoms with Crippen molar-refractivity contribution < 1.29 is 8.42 Å². The van der Waals surface area contributed by atoms with Crippen molar-refractivity contribution in [3.63, 3.8) is 0 Å². The van der Waals surface area contributed by atoms with Crippen LogP contribution in [0.25, 0.3) is 0 Å². The number of hydrogen-bond acceptors (Lipinski definition) is 3. The molecule has 18 heavy (non-hydrogen) atoms. The second kappa shape index (κ2) is 6.54. The maximum atomic E-state index is 12.1. The maximum absolute atomic E-state index is 12.1. The third-order valence-electron chi connectivity index (χ3n) is 2.43. The summed E-state index contributed by atoms with van der Waals surface area (Å²) in [6.07, 6.45) is 0. The first-order chi connectivity index (χ1) is 8.31. The van der Waals surface area contributed by atoms with Gasteiger partial charge in [0.1, 0.15) is 0 Å². The number of sulfonamides is 1. The predicted molar refractivity (Wildman–Crippen MR) is 79.3 cm³/mol. The van der Waals surface area contributed by atoms with Gasteiger partial charge in [-0.15, -0.1) is 0 Å². The van der Waals surface area contributed by atoms with Gasteiger partial charge in [0.15, 0.2) is 0 Å². The van der Waals surface area contributed by atoms with Gasteiger partial charge in [-0.05, 0) is 25.1 Å². The van der Waals surface area contributed by atoms with E-state index in [9.17, 15) is 8.42 Å². The van der Waals surface area contributed by atoms with Crippen molar-refractivity contribution in [2.24, 2.45) is 0 Å². The second-order valence-electron chi connectivity index (χ2n) is 4.53. The molecule has 0 radical (unpaired) electrons. The van der Waals surface area contributed by atoms with Gasteiger partial charge < -0.3 is 5.32 Å². The molecule has 0 fully saturated rings. The molecule has 6 heteroatoms. The van der Waals surface area contributed by atoms with Gasteiger partial charge in [-0.1, -0.05) is 35.8 Å². The Bertz CT molecular complexity index is 489. The molecule has 0 bridgehead atoms. The summed E-state index contributed by atoms with van der Waals surface area (Å²) in [5.41, 5.74) is 0.570. The van der Waals surface area contributed by atoms with Gasteiger partial charge >= 0.3 is 0 Å². The fourth-order valence-corrected chi connectivity index (χ4v) is 2.70. The zero-order valence-corrected chi connectivity index (χ0v) is 13.2. The largest absolute Gasteiger partial charge is 0.313 e. The first kappa shape index (κ1) is 15.5. The van der Waals surface area contributed by atoms with Crippen LogP contribution in [0.1, 0.15) is 20.8 Å². The number of rotatable bonds is 6. The molecule has 0 saturated heterocycles. The standard InChI is InChI=1S/C12H19BrN2O2S/c1-9(2)14-8-10(3)18(16,17)15-12-6-4-5-11(13)7-12/h4-7,9-10,14-15H,8H2,1-3H3. The molecule has 2 N–H and O–H groups in total. The van der Waals surface area contributed by atoms with Crippen molar-refractivity contribution in [2.75, 3.05) is 11.3 Å². The van der Waals surface area contributed by atoms with Crippen LogP contribution in [0.15, 0.2) is 28.7 Å². The highest BCUT2D eigenvalue weighted by atomic mass is 79.9. The Kier molecular flexibility index (Phi) is 5.62. The van der Waals surface area contributed by atoms with Gasteiger partial charge in [0, 0.05) is 22.7 Å². The molecule has 102 valence electrons. The van der Waals surface area contributed by atoms with Crippen LogP contribution in [0, 0.1) is 0 Å². The number of hydrogen-bond donors (Lipinski definition) is 2. The molecule has 0 spiro atoms. The molecule has 1 rings (SSSR count). The lowest BCUT2D eigenvalue weighted by Crippen LogP contribution is -2.37. The molecule has 0 aliphatic heterocycles. The number of benzene rings is 1. The van der Waals surface area contributed by atoms with E-state index in [0.717, 1.165) is 4.47 Å². The van der Waals surface area contributed by atoms with E-state index in [0.29, 0.717) is 12.2 Å². The van der Waals surface area contributed by atoms with Gasteiger partial charge in [-0.2, -0.15) is 0 Å². The summed E-state index contributed by atoms with van der Waals surface area (Å²) in [6, 6.07) is 7.37. The fourth-order valence-electron chi connectivity index (χ4n) is 1.33. The van der Waals surface area contributed by atoms with Crippen LogP contribution in [0.2, 0.25) is 0 Å². The number of nitrogens with one attached hydrogen (secondary N) is 2. The molecular formula is C12H19BrN2O2S. The summed E-state index contributed by atoms with van der Waals surface area (Å²) < 4.78 is 27.5. The summed E-state index contributed by atoms with van der Waals surface area (Å²) in [7, 11) is -3.36. The van der Waals surface area contributed by atoms with Crippen molar-refractivity contribution in [1.82, 2.24) is 5.32 Å². The van der Waals surface area contributed by atoms with Crippen LogP contribution in [-0.2, 0) is 10.0 Å². The Morgan fingerprint density at radius 3 is 2.50 bits per heavy atom. The van der Waals surface area contributed by atoms with Crippen LogP contribution < -0.4 is 10.0 Å². The number of anilines is 1. The van der Waals surface area contributed by atoms with E-state index >= 15 is 0 Å². The van der Waals surface area contributed by atoms with E-state index in [4.69, 9.17) is 0 Å². The molecule has 1 aromatic carbocycles. The molecule has 4 nitrogen and oxygen atoms in total. The molecule has 0 heterocycles. The minimum absolute atomic E-state index is 0.272. The Morgan fingerprint density at radius 2 is 1.94 bits per heavy atom. The topological polar surface area (TPSA) is 58.2 Å². The molecule has 1 atom stereocenters. The first-order valence-corrected chi connectivity index (χ1v) is 8.16. The third-order valence-corrected chi connectivity index (χ3v) is 4.67. The van der Waals surface area contributed by atoms with Crippen molar-refractivity contribution in [3.05, 3.63) is 28.7 Å². The number of halogens is 1. The van der Waals surface area contributed by atoms with Crippen molar-refractivity contribution in [2.45, 2.75) is 32.1 Å². The van der Waals surface area contributed by atoms with Gasteiger partial charge in [0.05, 0.1) is 5.25 Å². The van der Waals surface area contributed by atoms with E-state index in [1.54, 1.807) is 25.1 Å². The van der Waals surface area contributed by atoms with Crippen molar-refractivity contribution in [3.8, 4) is 0 Å². The summed E-state index contributed by atoms with van der Waals surface area (Å²) >= 11 is 3.31. The molecule has 0 aliphatic carbocycles. The SMILES string of the molecule is CC(C)NCC(C)S(=O)(=O)Nc1cccc(Br)c1. The van der Waals surface area contributed by atoms with Crippen LogP contribution in [0.3, 0.4) is 0 Å². The van der Waals surface area contributed by atoms with Gasteiger partial charge in [-0.25, -0.2) is 8.42 Å². The zero-order chi connectivity index (χ0) is 13.8. The van der Waals surface area contributed by atoms with Crippen LogP contribution in [0.4, 0.5) is 5.69 Å². The van der Waals surface area contributed by atoms with Gasteiger partial charge in [-0.3, -0.25) is 4.72 Å². The average Bonchev–Trinajstić information content (AvgIpc) is 2.25. The zero-order valence-electron chi connectivity index (χ0n) is 10.8. The van der Waals surface area contributed by atoms with E-state index < -0.39 is 15.3 Å². The second-order valence-corrected chi connectivity index (χ2v) is 7.55. The summed E-state index contributed by atoms with van der Waals surface area (Å²) in [5.74, 6) is 0. The molecule has 0 aliphatic rings. The first-order valence-electron chi connectivity index (χ1n) is 5.82. The quantitative estimate of drug-likeness (QED) is 0.840. The van der Waals surface area contributed by atoms with Crippen molar-refractivity contribution in [1.29, 1.82) is 0 Å². The molecular weight excluding hydrogens is 316 g/mol. The van der Waals surface area contributed by atoms with E-state index in [2.05, 4.69) is 26.0 Å². The predicted octanol–water partition coefficient (Wildman–Crippen LogP) is 2.58. The summed E-state index contributed by atoms with van der Waals surface area (Å²) in [4.78, 5) is 0. The highest BCUT2D eigenvalue weighted by molar-refractivity contribution is 9.10. The lowest BCUT2D eigenvalue weighted by Gasteiger charge is -2.17. The molecule has 1 unspecified atom stereocenters. The van der Waals surface area contributed by atoms with Crippen LogP contribution >= 0.6 is 15.9 Å². The Labute approximate surface area is 117 Å². The highest BCUT2D eigenvalue weighted by Crippen LogP contribution is 2.17. The molecule has 0 saturated carbocycles. The van der Waals surface area contributed by atoms with Gasteiger partial charge in [0.2, 0.25) is 10.0 Å². The smallest absolute Gasteiger partial charge is 0.236 e. The lowest BCUT2D eigenvalue weighted by molar-refractivity contribution is 0.553. The molecule has 0 aromatic heterocycles. The Hall–Kier alpha value is -0.590. The summed E-state index contributed by atoms with van der Waals surface area (Å²) in [5, 5.41) is 2.63. The van der Waals surface area contributed by atoms with E-state index in [-0.39, 0.29) is 6.04 Å².